The minimum Gasteiger partial charge on any atom is -0.497 e. The van der Waals surface area contributed by atoms with Crippen molar-refractivity contribution in [2.24, 2.45) is 5.73 Å². The summed E-state index contributed by atoms with van der Waals surface area (Å²) in [6.45, 7) is 0.0898. The molecule has 1 unspecified atom stereocenters. The summed E-state index contributed by atoms with van der Waals surface area (Å²) in [6.07, 6.45) is 0.442. The van der Waals surface area contributed by atoms with Crippen LogP contribution in [0.25, 0.3) is 0 Å². The van der Waals surface area contributed by atoms with Gasteiger partial charge in [0.05, 0.1) is 13.7 Å². The van der Waals surface area contributed by atoms with Gasteiger partial charge in [0.2, 0.25) is 0 Å². The number of benzene rings is 2. The summed E-state index contributed by atoms with van der Waals surface area (Å²) in [4.78, 5) is 12.8. The van der Waals surface area contributed by atoms with Crippen LogP contribution in [0.3, 0.4) is 0 Å². The molecule has 2 rings (SSSR count). The fourth-order valence-electron chi connectivity index (χ4n) is 2.00. The maximum Gasteiger partial charge on any atom is 0.147 e. The predicted molar refractivity (Wildman–Crippen MR) is 86.7 cm³/mol. The molecule has 0 aliphatic heterocycles. The molecular formula is C17H19NO2S. The van der Waals surface area contributed by atoms with Gasteiger partial charge in [0.15, 0.2) is 0 Å². The minimum absolute atomic E-state index is 0.0739. The van der Waals surface area contributed by atoms with Gasteiger partial charge in [0.1, 0.15) is 11.5 Å². The van der Waals surface area contributed by atoms with E-state index in [1.54, 1.807) is 18.9 Å². The van der Waals surface area contributed by atoms with Gasteiger partial charge in [-0.3, -0.25) is 4.79 Å². The van der Waals surface area contributed by atoms with Crippen LogP contribution < -0.4 is 10.5 Å². The van der Waals surface area contributed by atoms with E-state index in [1.807, 2.05) is 54.6 Å². The summed E-state index contributed by atoms with van der Waals surface area (Å²) in [6, 6.07) is 17.9. The van der Waals surface area contributed by atoms with Crippen LogP contribution in [0.5, 0.6) is 5.75 Å². The Balaban J connectivity index is 2.16. The van der Waals surface area contributed by atoms with Gasteiger partial charge in [-0.15, -0.1) is 11.8 Å². The van der Waals surface area contributed by atoms with Crippen molar-refractivity contribution in [1.29, 1.82) is 0 Å². The van der Waals surface area contributed by atoms with Crippen LogP contribution in [0, 0.1) is 0 Å². The lowest BCUT2D eigenvalue weighted by Gasteiger charge is -2.16. The van der Waals surface area contributed by atoms with Gasteiger partial charge in [0.25, 0.3) is 0 Å². The third-order valence-corrected chi connectivity index (χ3v) is 4.42. The zero-order valence-electron chi connectivity index (χ0n) is 12.0. The van der Waals surface area contributed by atoms with E-state index in [0.717, 1.165) is 16.2 Å². The highest BCUT2D eigenvalue weighted by molar-refractivity contribution is 7.99. The average molecular weight is 301 g/mol. The molecule has 110 valence electrons. The molecule has 0 bridgehead atoms. The van der Waals surface area contributed by atoms with Crippen molar-refractivity contribution in [1.82, 2.24) is 0 Å². The smallest absolute Gasteiger partial charge is 0.147 e. The topological polar surface area (TPSA) is 52.3 Å². The molecule has 1 atom stereocenters. The van der Waals surface area contributed by atoms with Gasteiger partial charge >= 0.3 is 0 Å². The first-order valence-corrected chi connectivity index (χ1v) is 7.68. The van der Waals surface area contributed by atoms with Crippen molar-refractivity contribution >= 4 is 17.5 Å². The largest absolute Gasteiger partial charge is 0.497 e. The summed E-state index contributed by atoms with van der Waals surface area (Å²) < 4.78 is 5.16. The Bertz CT molecular complexity index is 569. The van der Waals surface area contributed by atoms with Crippen molar-refractivity contribution in [3.8, 4) is 5.75 Å². The standard InChI is InChI=1S/C17H19NO2S/c1-20-15-7-9-16(10-8-15)21-17(11-14(19)12-18)13-5-3-2-4-6-13/h2-10,17H,11-12,18H2,1H3. The molecule has 0 amide bonds. The highest BCUT2D eigenvalue weighted by atomic mass is 32.2. The van der Waals surface area contributed by atoms with Gasteiger partial charge in [-0.05, 0) is 29.8 Å². The fourth-order valence-corrected chi connectivity index (χ4v) is 3.19. The number of thioether (sulfide) groups is 1. The SMILES string of the molecule is COc1ccc(SC(CC(=O)CN)c2ccccc2)cc1. The molecule has 2 aromatic carbocycles. The minimum atomic E-state index is 0.0739. The molecule has 0 saturated carbocycles. The molecule has 0 heterocycles. The summed E-state index contributed by atoms with van der Waals surface area (Å²) in [5.74, 6) is 0.901. The number of hydrogen-bond acceptors (Lipinski definition) is 4. The number of Topliss-reactive ketones (excluding diaryl/α,β-unsaturated/α-hetero) is 1. The fraction of sp³-hybridized carbons (Fsp3) is 0.235. The van der Waals surface area contributed by atoms with E-state index in [0.29, 0.717) is 6.42 Å². The van der Waals surface area contributed by atoms with E-state index in [-0.39, 0.29) is 17.6 Å². The molecule has 0 aliphatic rings. The van der Waals surface area contributed by atoms with Gasteiger partial charge in [-0.25, -0.2) is 0 Å². The van der Waals surface area contributed by atoms with Crippen LogP contribution >= 0.6 is 11.8 Å². The van der Waals surface area contributed by atoms with E-state index >= 15 is 0 Å². The lowest BCUT2D eigenvalue weighted by molar-refractivity contribution is -0.117. The highest BCUT2D eigenvalue weighted by Crippen LogP contribution is 2.38. The molecule has 21 heavy (non-hydrogen) atoms. The van der Waals surface area contributed by atoms with Crippen molar-refractivity contribution in [2.75, 3.05) is 13.7 Å². The predicted octanol–water partition coefficient (Wildman–Crippen LogP) is 3.45. The number of ketones is 1. The number of ether oxygens (including phenoxy) is 1. The number of carbonyl (C=O) groups excluding carboxylic acids is 1. The molecule has 0 spiro atoms. The van der Waals surface area contributed by atoms with E-state index in [4.69, 9.17) is 10.5 Å². The second-order valence-electron chi connectivity index (χ2n) is 4.64. The second kappa shape index (κ2) is 7.86. The molecule has 4 heteroatoms. The highest BCUT2D eigenvalue weighted by Gasteiger charge is 2.16. The van der Waals surface area contributed by atoms with Crippen LogP contribution in [-0.4, -0.2) is 19.4 Å². The Hall–Kier alpha value is -1.78. The lowest BCUT2D eigenvalue weighted by atomic mass is 10.1. The van der Waals surface area contributed by atoms with Crippen LogP contribution in [0.15, 0.2) is 59.5 Å². The van der Waals surface area contributed by atoms with Crippen molar-refractivity contribution in [3.63, 3.8) is 0 Å². The van der Waals surface area contributed by atoms with Gasteiger partial charge in [-0.2, -0.15) is 0 Å². The molecular weight excluding hydrogens is 282 g/mol. The summed E-state index contributed by atoms with van der Waals surface area (Å²) in [7, 11) is 1.65. The van der Waals surface area contributed by atoms with Crippen LogP contribution in [0.4, 0.5) is 0 Å². The third kappa shape index (κ3) is 4.62. The Kier molecular flexibility index (Phi) is 5.84. The third-order valence-electron chi connectivity index (χ3n) is 3.15. The van der Waals surface area contributed by atoms with E-state index in [2.05, 4.69) is 0 Å². The molecule has 0 saturated heterocycles. The number of rotatable bonds is 7. The van der Waals surface area contributed by atoms with E-state index < -0.39 is 0 Å². The molecule has 2 N–H and O–H groups in total. The van der Waals surface area contributed by atoms with Crippen molar-refractivity contribution in [3.05, 3.63) is 60.2 Å². The van der Waals surface area contributed by atoms with Crippen LogP contribution in [-0.2, 0) is 4.79 Å². The molecule has 0 aromatic heterocycles. The Labute approximate surface area is 129 Å². The summed E-state index contributed by atoms with van der Waals surface area (Å²) in [5.41, 5.74) is 6.59. The summed E-state index contributed by atoms with van der Waals surface area (Å²) >= 11 is 1.67. The molecule has 2 aromatic rings. The molecule has 3 nitrogen and oxygen atoms in total. The Morgan fingerprint density at radius 3 is 2.38 bits per heavy atom. The normalized spacial score (nSPS) is 11.9. The monoisotopic (exact) mass is 301 g/mol. The quantitative estimate of drug-likeness (QED) is 0.796. The van der Waals surface area contributed by atoms with Gasteiger partial charge < -0.3 is 10.5 Å². The number of nitrogens with two attached hydrogens (primary N) is 1. The number of hydrogen-bond donors (Lipinski definition) is 1. The Morgan fingerprint density at radius 2 is 1.81 bits per heavy atom. The molecule has 0 aliphatic carbocycles. The zero-order chi connectivity index (χ0) is 15.1. The van der Waals surface area contributed by atoms with Gasteiger partial charge in [-0.1, -0.05) is 30.3 Å². The number of methoxy groups -OCH3 is 1. The van der Waals surface area contributed by atoms with Crippen LogP contribution in [0.1, 0.15) is 17.2 Å². The average Bonchev–Trinajstić information content (AvgIpc) is 2.55. The van der Waals surface area contributed by atoms with Crippen molar-refractivity contribution in [2.45, 2.75) is 16.6 Å². The Morgan fingerprint density at radius 1 is 1.14 bits per heavy atom. The van der Waals surface area contributed by atoms with Gasteiger partial charge in [0, 0.05) is 16.6 Å². The lowest BCUT2D eigenvalue weighted by Crippen LogP contribution is -2.15. The molecule has 0 fully saturated rings. The summed E-state index contributed by atoms with van der Waals surface area (Å²) in [5, 5.41) is 0.0793. The van der Waals surface area contributed by atoms with E-state index in [1.165, 1.54) is 0 Å². The maximum atomic E-state index is 11.7. The van der Waals surface area contributed by atoms with E-state index in [9.17, 15) is 4.79 Å². The first-order valence-electron chi connectivity index (χ1n) is 6.80. The first-order chi connectivity index (χ1) is 10.2. The maximum absolute atomic E-state index is 11.7. The second-order valence-corrected chi connectivity index (χ2v) is 5.92. The van der Waals surface area contributed by atoms with Crippen molar-refractivity contribution < 1.29 is 9.53 Å². The zero-order valence-corrected chi connectivity index (χ0v) is 12.8. The molecule has 0 radical (unpaired) electrons. The van der Waals surface area contributed by atoms with Crippen LogP contribution in [0.2, 0.25) is 0 Å². The first kappa shape index (κ1) is 15.6. The number of carbonyl (C=O) groups is 1.